The molecule has 0 aliphatic rings. The number of rotatable bonds is 7. The molecule has 0 fully saturated rings. The van der Waals surface area contributed by atoms with E-state index in [1.165, 1.54) is 5.56 Å². The van der Waals surface area contributed by atoms with Gasteiger partial charge in [-0.05, 0) is 23.5 Å². The van der Waals surface area contributed by atoms with Gasteiger partial charge < -0.3 is 10.6 Å². The lowest BCUT2D eigenvalue weighted by molar-refractivity contribution is -0.128. The van der Waals surface area contributed by atoms with Gasteiger partial charge in [0.2, 0.25) is 11.8 Å². The van der Waals surface area contributed by atoms with Gasteiger partial charge in [0.05, 0.1) is 6.04 Å². The van der Waals surface area contributed by atoms with Gasteiger partial charge in [0, 0.05) is 18.4 Å². The van der Waals surface area contributed by atoms with Crippen LogP contribution < -0.4 is 10.6 Å². The fourth-order valence-electron chi connectivity index (χ4n) is 2.40. The molecule has 0 bridgehead atoms. The van der Waals surface area contributed by atoms with Crippen molar-refractivity contribution < 1.29 is 9.59 Å². The summed E-state index contributed by atoms with van der Waals surface area (Å²) in [5.74, 6) is 0.221. The molecule has 1 unspecified atom stereocenters. The van der Waals surface area contributed by atoms with Gasteiger partial charge in [-0.15, -0.1) is 0 Å². The summed E-state index contributed by atoms with van der Waals surface area (Å²) in [6.07, 6.45) is 1.30. The first kappa shape index (κ1) is 20.2. The van der Waals surface area contributed by atoms with Crippen LogP contribution in [0.4, 0.5) is 0 Å². The van der Waals surface area contributed by atoms with E-state index in [0.717, 1.165) is 12.0 Å². The maximum atomic E-state index is 12.2. The van der Waals surface area contributed by atoms with Crippen LogP contribution in [0.2, 0.25) is 0 Å². The Hall–Kier alpha value is -1.84. The Morgan fingerprint density at radius 2 is 1.67 bits per heavy atom. The Kier molecular flexibility index (Phi) is 7.46. The van der Waals surface area contributed by atoms with Crippen LogP contribution in [-0.2, 0) is 16.0 Å². The van der Waals surface area contributed by atoms with Crippen molar-refractivity contribution >= 4 is 11.8 Å². The molecule has 134 valence electrons. The molecule has 0 aliphatic heterocycles. The first-order valence-electron chi connectivity index (χ1n) is 8.81. The number of aryl methyl sites for hydroxylation is 1. The smallest absolute Gasteiger partial charge is 0.225 e. The maximum absolute atomic E-state index is 12.2. The topological polar surface area (TPSA) is 58.2 Å². The molecule has 0 saturated heterocycles. The van der Waals surface area contributed by atoms with Crippen LogP contribution in [0.3, 0.4) is 0 Å². The van der Waals surface area contributed by atoms with E-state index < -0.39 is 5.41 Å². The Balaban J connectivity index is 2.58. The molecule has 4 nitrogen and oxygen atoms in total. The van der Waals surface area contributed by atoms with Crippen molar-refractivity contribution in [2.75, 3.05) is 6.54 Å². The standard InChI is InChI=1S/C20H32N2O2/c1-7-15-8-10-16(11-9-15)18(14(2)3)22-17(23)12-13-21-19(24)20(4,5)6/h8-11,14,18H,7,12-13H2,1-6H3,(H,21,24)(H,22,23). The van der Waals surface area contributed by atoms with E-state index in [4.69, 9.17) is 0 Å². The zero-order chi connectivity index (χ0) is 18.3. The number of hydrogen-bond acceptors (Lipinski definition) is 2. The van der Waals surface area contributed by atoms with Crippen LogP contribution in [0.5, 0.6) is 0 Å². The Labute approximate surface area is 146 Å². The lowest BCUT2D eigenvalue weighted by Crippen LogP contribution is -2.38. The molecule has 24 heavy (non-hydrogen) atoms. The monoisotopic (exact) mass is 332 g/mol. The number of nitrogens with one attached hydrogen (secondary N) is 2. The molecule has 1 rings (SSSR count). The third-order valence-electron chi connectivity index (χ3n) is 4.05. The average molecular weight is 332 g/mol. The molecule has 0 aliphatic carbocycles. The second kappa shape index (κ2) is 8.86. The highest BCUT2D eigenvalue weighted by atomic mass is 16.2. The van der Waals surface area contributed by atoms with Crippen molar-refractivity contribution in [1.29, 1.82) is 0 Å². The molecule has 2 N–H and O–H groups in total. The van der Waals surface area contributed by atoms with E-state index >= 15 is 0 Å². The minimum atomic E-state index is -0.433. The summed E-state index contributed by atoms with van der Waals surface area (Å²) in [7, 11) is 0. The highest BCUT2D eigenvalue weighted by Gasteiger charge is 2.21. The summed E-state index contributed by atoms with van der Waals surface area (Å²) in [5, 5.41) is 5.90. The summed E-state index contributed by atoms with van der Waals surface area (Å²) in [4.78, 5) is 24.0. The average Bonchev–Trinajstić information content (AvgIpc) is 2.51. The van der Waals surface area contributed by atoms with Crippen LogP contribution in [0.25, 0.3) is 0 Å². The van der Waals surface area contributed by atoms with Gasteiger partial charge in [0.1, 0.15) is 0 Å². The van der Waals surface area contributed by atoms with Gasteiger partial charge in [0.25, 0.3) is 0 Å². The van der Waals surface area contributed by atoms with Gasteiger partial charge in [-0.3, -0.25) is 9.59 Å². The Bertz CT molecular complexity index is 542. The molecule has 1 aromatic carbocycles. The second-order valence-corrected chi connectivity index (χ2v) is 7.64. The lowest BCUT2D eigenvalue weighted by Gasteiger charge is -2.23. The third-order valence-corrected chi connectivity index (χ3v) is 4.05. The minimum absolute atomic E-state index is 0.0123. The molecule has 4 heteroatoms. The number of amides is 2. The second-order valence-electron chi connectivity index (χ2n) is 7.64. The number of hydrogen-bond donors (Lipinski definition) is 2. The predicted octanol–water partition coefficient (Wildman–Crippen LogP) is 3.61. The normalized spacial score (nSPS) is 12.8. The van der Waals surface area contributed by atoms with Crippen molar-refractivity contribution in [2.24, 2.45) is 11.3 Å². The van der Waals surface area contributed by atoms with E-state index in [9.17, 15) is 9.59 Å². The first-order valence-corrected chi connectivity index (χ1v) is 8.81. The van der Waals surface area contributed by atoms with E-state index in [1.807, 2.05) is 20.8 Å². The molecule has 0 saturated carbocycles. The quantitative estimate of drug-likeness (QED) is 0.801. The van der Waals surface area contributed by atoms with Crippen molar-refractivity contribution in [2.45, 2.75) is 60.4 Å². The van der Waals surface area contributed by atoms with Crippen LogP contribution >= 0.6 is 0 Å². The largest absolute Gasteiger partial charge is 0.355 e. The Morgan fingerprint density at radius 3 is 2.12 bits per heavy atom. The van der Waals surface area contributed by atoms with E-state index in [-0.39, 0.29) is 24.3 Å². The molecular formula is C20H32N2O2. The Morgan fingerprint density at radius 1 is 1.08 bits per heavy atom. The number of carbonyl (C=O) groups is 2. The molecule has 2 amide bonds. The van der Waals surface area contributed by atoms with Crippen LogP contribution in [0.1, 0.15) is 65.1 Å². The summed E-state index contributed by atoms with van der Waals surface area (Å²) in [6, 6.07) is 8.39. The zero-order valence-electron chi connectivity index (χ0n) is 15.9. The van der Waals surface area contributed by atoms with E-state index in [0.29, 0.717) is 12.5 Å². The van der Waals surface area contributed by atoms with Crippen molar-refractivity contribution in [1.82, 2.24) is 10.6 Å². The van der Waals surface area contributed by atoms with Crippen LogP contribution in [0.15, 0.2) is 24.3 Å². The van der Waals surface area contributed by atoms with Crippen LogP contribution in [-0.4, -0.2) is 18.4 Å². The van der Waals surface area contributed by atoms with Crippen LogP contribution in [0, 0.1) is 11.3 Å². The molecule has 0 heterocycles. The van der Waals surface area contributed by atoms with E-state index in [2.05, 4.69) is 55.7 Å². The molecule has 0 aromatic heterocycles. The lowest BCUT2D eigenvalue weighted by atomic mass is 9.94. The summed E-state index contributed by atoms with van der Waals surface area (Å²) in [5.41, 5.74) is 1.98. The molecule has 0 radical (unpaired) electrons. The predicted molar refractivity (Wildman–Crippen MR) is 98.6 cm³/mol. The van der Waals surface area contributed by atoms with Gasteiger partial charge in [-0.2, -0.15) is 0 Å². The van der Waals surface area contributed by atoms with E-state index in [1.54, 1.807) is 0 Å². The van der Waals surface area contributed by atoms with Gasteiger partial charge in [-0.1, -0.05) is 65.8 Å². The number of carbonyl (C=O) groups excluding carboxylic acids is 2. The maximum Gasteiger partial charge on any atom is 0.225 e. The fourth-order valence-corrected chi connectivity index (χ4v) is 2.40. The fraction of sp³-hybridized carbons (Fsp3) is 0.600. The molecule has 1 aromatic rings. The number of benzene rings is 1. The molecule has 1 atom stereocenters. The highest BCUT2D eigenvalue weighted by molar-refractivity contribution is 5.82. The van der Waals surface area contributed by atoms with Crippen molar-refractivity contribution in [3.05, 3.63) is 35.4 Å². The zero-order valence-corrected chi connectivity index (χ0v) is 15.9. The highest BCUT2D eigenvalue weighted by Crippen LogP contribution is 2.22. The summed E-state index contributed by atoms with van der Waals surface area (Å²) in [6.45, 7) is 12.3. The SMILES string of the molecule is CCc1ccc(C(NC(=O)CCNC(=O)C(C)(C)C)C(C)C)cc1. The van der Waals surface area contributed by atoms with Gasteiger partial charge >= 0.3 is 0 Å². The molecule has 0 spiro atoms. The summed E-state index contributed by atoms with van der Waals surface area (Å²) >= 11 is 0. The van der Waals surface area contributed by atoms with Crippen molar-refractivity contribution in [3.8, 4) is 0 Å². The minimum Gasteiger partial charge on any atom is -0.355 e. The summed E-state index contributed by atoms with van der Waals surface area (Å²) < 4.78 is 0. The molecular weight excluding hydrogens is 300 g/mol. The van der Waals surface area contributed by atoms with Crippen molar-refractivity contribution in [3.63, 3.8) is 0 Å². The third kappa shape index (κ3) is 6.34. The van der Waals surface area contributed by atoms with Gasteiger partial charge in [-0.25, -0.2) is 0 Å². The van der Waals surface area contributed by atoms with Gasteiger partial charge in [0.15, 0.2) is 0 Å². The first-order chi connectivity index (χ1) is 11.1.